The number of carbonyl (C=O) groups is 3. The summed E-state index contributed by atoms with van der Waals surface area (Å²) in [5, 5.41) is 2.94. The number of hydrogen-bond acceptors (Lipinski definition) is 7. The fraction of sp³-hybridized carbons (Fsp3) is 0.500. The van der Waals surface area contributed by atoms with E-state index in [-0.39, 0.29) is 28.2 Å². The summed E-state index contributed by atoms with van der Waals surface area (Å²) in [4.78, 5) is 40.7. The average molecular weight is 544 g/mol. The van der Waals surface area contributed by atoms with Gasteiger partial charge in [-0.1, -0.05) is 45.2 Å². The number of hydrogen-bond donors (Lipinski definition) is 2. The van der Waals surface area contributed by atoms with Gasteiger partial charge < -0.3 is 10.1 Å². The molecule has 0 aliphatic heterocycles. The van der Waals surface area contributed by atoms with E-state index in [1.165, 1.54) is 43.5 Å². The Morgan fingerprint density at radius 2 is 1.68 bits per heavy atom. The van der Waals surface area contributed by atoms with Gasteiger partial charge in [0, 0.05) is 19.2 Å². The van der Waals surface area contributed by atoms with E-state index in [0.717, 1.165) is 24.6 Å². The Hall–Kier alpha value is -3.27. The number of aromatic nitrogens is 1. The molecule has 0 saturated heterocycles. The number of nitrogens with one attached hydrogen (secondary N) is 2. The largest absolute Gasteiger partial charge is 0.458 e. The van der Waals surface area contributed by atoms with Crippen LogP contribution in [-0.2, 0) is 26.0 Å². The van der Waals surface area contributed by atoms with Gasteiger partial charge in [0.15, 0.2) is 0 Å². The van der Waals surface area contributed by atoms with Crippen molar-refractivity contribution < 1.29 is 27.5 Å². The average Bonchev–Trinajstić information content (AvgIpc) is 2.92. The molecule has 2 aromatic rings. The molecule has 1 aliphatic carbocycles. The Kier molecular flexibility index (Phi) is 10.8. The number of benzene rings is 1. The molecule has 0 spiro atoms. The third kappa shape index (κ3) is 8.65. The summed E-state index contributed by atoms with van der Waals surface area (Å²) in [5.41, 5.74) is 0.902. The first-order chi connectivity index (χ1) is 18.2. The van der Waals surface area contributed by atoms with Gasteiger partial charge >= 0.3 is 5.97 Å². The van der Waals surface area contributed by atoms with E-state index < -0.39 is 21.9 Å². The molecule has 0 bridgehead atoms. The number of ether oxygens (including phenoxy) is 1. The molecule has 0 unspecified atom stereocenters. The van der Waals surface area contributed by atoms with Gasteiger partial charge in [-0.05, 0) is 67.9 Å². The minimum Gasteiger partial charge on any atom is -0.458 e. The maximum Gasteiger partial charge on any atom is 0.357 e. The maximum absolute atomic E-state index is 12.7. The van der Waals surface area contributed by atoms with Crippen molar-refractivity contribution in [2.75, 3.05) is 6.54 Å². The van der Waals surface area contributed by atoms with Gasteiger partial charge in [0.1, 0.15) is 11.8 Å². The zero-order chi connectivity index (χ0) is 27.5. The Balaban J connectivity index is 1.49. The number of nitrogens with zero attached hydrogens (tertiary/aromatic N) is 1. The molecular formula is C28H37N3O6S. The van der Waals surface area contributed by atoms with Crippen LogP contribution in [0.5, 0.6) is 0 Å². The molecule has 2 amide bonds. The Labute approximate surface area is 224 Å². The molecule has 10 heteroatoms. The molecule has 206 valence electrons. The van der Waals surface area contributed by atoms with Crippen LogP contribution in [0.2, 0.25) is 0 Å². The van der Waals surface area contributed by atoms with Gasteiger partial charge in [0.05, 0.1) is 10.5 Å². The molecule has 0 radical (unpaired) electrons. The predicted octanol–water partition coefficient (Wildman–Crippen LogP) is 4.17. The SMILES string of the molecule is CCC(CC)OC(=O)c1ccc(C(=O)NS(=O)(=O)c2ccc(CCNC(=O)CC3CCCCC3)cc2)cn1. The van der Waals surface area contributed by atoms with Crippen LogP contribution in [0.1, 0.15) is 91.6 Å². The Bertz CT molecular complexity index is 1190. The Morgan fingerprint density at radius 1 is 1.00 bits per heavy atom. The lowest BCUT2D eigenvalue weighted by Gasteiger charge is -2.20. The van der Waals surface area contributed by atoms with Gasteiger partial charge in [-0.2, -0.15) is 0 Å². The van der Waals surface area contributed by atoms with Crippen LogP contribution in [0.3, 0.4) is 0 Å². The summed E-state index contributed by atoms with van der Waals surface area (Å²) in [6.45, 7) is 4.30. The summed E-state index contributed by atoms with van der Waals surface area (Å²) < 4.78 is 32.8. The van der Waals surface area contributed by atoms with Crippen molar-refractivity contribution in [1.82, 2.24) is 15.0 Å². The number of amides is 2. The summed E-state index contributed by atoms with van der Waals surface area (Å²) in [5.74, 6) is -0.915. The molecular weight excluding hydrogens is 506 g/mol. The Morgan fingerprint density at radius 3 is 2.29 bits per heavy atom. The van der Waals surface area contributed by atoms with E-state index in [1.807, 2.05) is 18.6 Å². The summed E-state index contributed by atoms with van der Waals surface area (Å²) >= 11 is 0. The maximum atomic E-state index is 12.7. The first-order valence-electron chi connectivity index (χ1n) is 13.3. The van der Waals surface area contributed by atoms with E-state index >= 15 is 0 Å². The fourth-order valence-corrected chi connectivity index (χ4v) is 5.44. The molecule has 1 heterocycles. The smallest absolute Gasteiger partial charge is 0.357 e. The highest BCUT2D eigenvalue weighted by Gasteiger charge is 2.21. The van der Waals surface area contributed by atoms with Crippen LogP contribution < -0.4 is 10.0 Å². The second-order valence-corrected chi connectivity index (χ2v) is 11.3. The van der Waals surface area contributed by atoms with Crippen LogP contribution in [0.25, 0.3) is 0 Å². The second-order valence-electron chi connectivity index (χ2n) is 9.66. The second kappa shape index (κ2) is 14.0. The summed E-state index contributed by atoms with van der Waals surface area (Å²) in [6.07, 6.45) is 9.32. The number of carbonyl (C=O) groups excluding carboxylic acids is 3. The molecule has 38 heavy (non-hydrogen) atoms. The lowest BCUT2D eigenvalue weighted by molar-refractivity contribution is -0.122. The third-order valence-corrected chi connectivity index (χ3v) is 8.16. The summed E-state index contributed by atoms with van der Waals surface area (Å²) in [7, 11) is -4.11. The van der Waals surface area contributed by atoms with Crippen LogP contribution >= 0.6 is 0 Å². The van der Waals surface area contributed by atoms with Crippen LogP contribution in [-0.4, -0.2) is 43.8 Å². The lowest BCUT2D eigenvalue weighted by Crippen LogP contribution is -2.30. The number of pyridine rings is 1. The lowest BCUT2D eigenvalue weighted by atomic mass is 9.87. The van der Waals surface area contributed by atoms with Gasteiger partial charge in [-0.25, -0.2) is 22.9 Å². The minimum absolute atomic E-state index is 0.00625. The van der Waals surface area contributed by atoms with E-state index in [9.17, 15) is 22.8 Å². The van der Waals surface area contributed by atoms with Crippen molar-refractivity contribution in [1.29, 1.82) is 0 Å². The number of rotatable bonds is 12. The number of sulfonamides is 1. The molecule has 1 aromatic carbocycles. The molecule has 0 atom stereocenters. The van der Waals surface area contributed by atoms with Crippen molar-refractivity contribution in [3.63, 3.8) is 0 Å². The monoisotopic (exact) mass is 543 g/mol. The van der Waals surface area contributed by atoms with Crippen molar-refractivity contribution in [2.45, 2.75) is 82.6 Å². The van der Waals surface area contributed by atoms with Crippen molar-refractivity contribution >= 4 is 27.8 Å². The van der Waals surface area contributed by atoms with Gasteiger partial charge in [0.25, 0.3) is 15.9 Å². The van der Waals surface area contributed by atoms with Crippen LogP contribution in [0.15, 0.2) is 47.5 Å². The standard InChI is InChI=1S/C28H37N3O6S/c1-3-23(4-2)37-28(34)25-15-12-22(19-30-25)27(33)31-38(35,36)24-13-10-20(11-14-24)16-17-29-26(32)18-21-8-6-5-7-9-21/h10-15,19,21,23H,3-9,16-18H2,1-2H3,(H,29,32)(H,31,33). The van der Waals surface area contributed by atoms with Gasteiger partial charge in [-0.15, -0.1) is 0 Å². The minimum atomic E-state index is -4.11. The van der Waals surface area contributed by atoms with E-state index in [1.54, 1.807) is 12.1 Å². The summed E-state index contributed by atoms with van der Waals surface area (Å²) in [6, 6.07) is 8.82. The molecule has 9 nitrogen and oxygen atoms in total. The highest BCUT2D eigenvalue weighted by Crippen LogP contribution is 2.26. The molecule has 2 N–H and O–H groups in total. The zero-order valence-electron chi connectivity index (χ0n) is 22.1. The van der Waals surface area contributed by atoms with Crippen LogP contribution in [0.4, 0.5) is 0 Å². The van der Waals surface area contributed by atoms with Crippen molar-refractivity contribution in [3.05, 3.63) is 59.4 Å². The van der Waals surface area contributed by atoms with Gasteiger partial charge in [-0.3, -0.25) is 9.59 Å². The third-order valence-electron chi connectivity index (χ3n) is 6.81. The topological polar surface area (TPSA) is 132 Å². The van der Waals surface area contributed by atoms with E-state index in [0.29, 0.717) is 38.1 Å². The first kappa shape index (κ1) is 29.3. The highest BCUT2D eigenvalue weighted by atomic mass is 32.2. The fourth-order valence-electron chi connectivity index (χ4n) is 4.46. The predicted molar refractivity (Wildman–Crippen MR) is 143 cm³/mol. The van der Waals surface area contributed by atoms with Gasteiger partial charge in [0.2, 0.25) is 5.91 Å². The van der Waals surface area contributed by atoms with E-state index in [2.05, 4.69) is 10.3 Å². The molecule has 3 rings (SSSR count). The first-order valence-corrected chi connectivity index (χ1v) is 14.8. The highest BCUT2D eigenvalue weighted by molar-refractivity contribution is 7.90. The van der Waals surface area contributed by atoms with Crippen LogP contribution in [0, 0.1) is 5.92 Å². The van der Waals surface area contributed by atoms with Crippen molar-refractivity contribution in [3.8, 4) is 0 Å². The van der Waals surface area contributed by atoms with Crippen molar-refractivity contribution in [2.24, 2.45) is 5.92 Å². The molecule has 1 aliphatic rings. The quantitative estimate of drug-likeness (QED) is 0.384. The van der Waals surface area contributed by atoms with E-state index in [4.69, 9.17) is 4.74 Å². The normalized spacial score (nSPS) is 14.2. The molecule has 1 aromatic heterocycles. The molecule has 1 saturated carbocycles. The molecule has 1 fully saturated rings. The number of esters is 1. The zero-order valence-corrected chi connectivity index (χ0v) is 22.9.